The van der Waals surface area contributed by atoms with E-state index < -0.39 is 5.97 Å². The first-order valence-electron chi connectivity index (χ1n) is 11.4. The number of benzene rings is 4. The second kappa shape index (κ2) is 10.8. The normalized spacial score (nSPS) is 12.1. The quantitative estimate of drug-likeness (QED) is 0.269. The maximum atomic E-state index is 14.5. The molecule has 2 N–H and O–H groups in total. The zero-order valence-electron chi connectivity index (χ0n) is 19.0. The van der Waals surface area contributed by atoms with Crippen LogP contribution in [0.3, 0.4) is 0 Å². The van der Waals surface area contributed by atoms with Gasteiger partial charge >= 0.3 is 5.97 Å². The molecule has 0 spiro atoms. The van der Waals surface area contributed by atoms with Crippen molar-refractivity contribution in [3.8, 4) is 11.1 Å². The number of nitrogens with one attached hydrogen (secondary N) is 1. The second-order valence-electron chi connectivity index (χ2n) is 8.59. The van der Waals surface area contributed by atoms with Crippen LogP contribution < -0.4 is 5.32 Å². The van der Waals surface area contributed by atoms with Crippen molar-refractivity contribution in [3.63, 3.8) is 0 Å². The molecule has 5 heteroatoms. The Morgan fingerprint density at radius 2 is 1.76 bits per heavy atom. The summed E-state index contributed by atoms with van der Waals surface area (Å²) in [5.41, 5.74) is 4.69. The third-order valence-electron chi connectivity index (χ3n) is 6.03. The fourth-order valence-corrected chi connectivity index (χ4v) is 4.48. The Kier molecular flexibility index (Phi) is 7.61. The molecule has 0 aliphatic carbocycles. The summed E-state index contributed by atoms with van der Waals surface area (Å²) in [4.78, 5) is 11.0. The first-order chi connectivity index (χ1) is 16.4. The zero-order chi connectivity index (χ0) is 24.1. The number of halogens is 2. The number of carbonyl (C=O) groups is 1. The van der Waals surface area contributed by atoms with Gasteiger partial charge in [-0.25, -0.2) is 4.39 Å². The minimum absolute atomic E-state index is 0.0276. The molecular formula is C29H27ClFNO2. The Bertz CT molecular complexity index is 1320. The van der Waals surface area contributed by atoms with E-state index in [1.807, 2.05) is 42.5 Å². The fourth-order valence-electron chi connectivity index (χ4n) is 4.28. The Hall–Kier alpha value is -3.21. The number of rotatable bonds is 9. The van der Waals surface area contributed by atoms with Crippen LogP contribution in [0.25, 0.3) is 21.9 Å². The van der Waals surface area contributed by atoms with Gasteiger partial charge in [-0.05, 0) is 89.2 Å². The van der Waals surface area contributed by atoms with Crippen LogP contribution in [0.4, 0.5) is 4.39 Å². The van der Waals surface area contributed by atoms with E-state index in [1.54, 1.807) is 0 Å². The molecular weight excluding hydrogens is 449 g/mol. The van der Waals surface area contributed by atoms with Crippen LogP contribution in [0.2, 0.25) is 5.02 Å². The number of carboxylic acid groups (broad SMARTS) is 1. The van der Waals surface area contributed by atoms with Crippen LogP contribution in [0.1, 0.15) is 36.1 Å². The molecule has 0 aliphatic heterocycles. The molecule has 34 heavy (non-hydrogen) atoms. The lowest BCUT2D eigenvalue weighted by Gasteiger charge is -2.16. The van der Waals surface area contributed by atoms with Crippen molar-refractivity contribution in [1.29, 1.82) is 0 Å². The third kappa shape index (κ3) is 6.02. The number of aliphatic carboxylic acids is 1. The van der Waals surface area contributed by atoms with E-state index in [1.165, 1.54) is 12.1 Å². The van der Waals surface area contributed by atoms with Crippen molar-refractivity contribution < 1.29 is 14.3 Å². The number of aryl methyl sites for hydroxylation is 1. The molecule has 0 heterocycles. The van der Waals surface area contributed by atoms with Gasteiger partial charge in [0.1, 0.15) is 5.82 Å². The maximum absolute atomic E-state index is 14.5. The average Bonchev–Trinajstić information content (AvgIpc) is 2.82. The summed E-state index contributed by atoms with van der Waals surface area (Å²) in [6.45, 7) is 2.89. The standard InChI is InChI=1S/C29H27ClFNO2/c1-19(22-6-4-7-25(30)17-22)32-12-11-21-13-23-5-2-3-8-27(23)28(16-21)24-14-20(9-10-29(33)34)15-26(31)18-24/h2-8,13-19,32H,9-12H2,1H3,(H,33,34). The lowest BCUT2D eigenvalue weighted by atomic mass is 9.93. The summed E-state index contributed by atoms with van der Waals surface area (Å²) < 4.78 is 14.5. The Morgan fingerprint density at radius 3 is 2.56 bits per heavy atom. The van der Waals surface area contributed by atoms with Crippen molar-refractivity contribution >= 4 is 28.3 Å². The predicted molar refractivity (Wildman–Crippen MR) is 137 cm³/mol. The average molecular weight is 476 g/mol. The summed E-state index contributed by atoms with van der Waals surface area (Å²) in [6.07, 6.45) is 1.08. The molecule has 0 aliphatic rings. The van der Waals surface area contributed by atoms with Gasteiger partial charge < -0.3 is 10.4 Å². The van der Waals surface area contributed by atoms with Crippen molar-refractivity contribution in [2.75, 3.05) is 6.54 Å². The van der Waals surface area contributed by atoms with Crippen LogP contribution in [-0.4, -0.2) is 17.6 Å². The van der Waals surface area contributed by atoms with Crippen molar-refractivity contribution in [2.24, 2.45) is 0 Å². The van der Waals surface area contributed by atoms with Gasteiger partial charge in [0, 0.05) is 17.5 Å². The number of fused-ring (bicyclic) bond motifs is 1. The molecule has 174 valence electrons. The van der Waals surface area contributed by atoms with E-state index in [-0.39, 0.29) is 18.3 Å². The predicted octanol–water partition coefficient (Wildman–Crippen LogP) is 7.21. The van der Waals surface area contributed by atoms with Gasteiger partial charge in [0.05, 0.1) is 0 Å². The topological polar surface area (TPSA) is 49.3 Å². The summed E-state index contributed by atoms with van der Waals surface area (Å²) in [5.74, 6) is -1.25. The molecule has 3 nitrogen and oxygen atoms in total. The summed E-state index contributed by atoms with van der Waals surface area (Å²) in [5, 5.41) is 15.4. The van der Waals surface area contributed by atoms with Crippen LogP contribution in [0.15, 0.2) is 78.9 Å². The van der Waals surface area contributed by atoms with E-state index >= 15 is 0 Å². The Morgan fingerprint density at radius 1 is 0.971 bits per heavy atom. The summed E-state index contributed by atoms with van der Waals surface area (Å²) in [7, 11) is 0. The van der Waals surface area contributed by atoms with E-state index in [4.69, 9.17) is 16.7 Å². The monoisotopic (exact) mass is 475 g/mol. The second-order valence-corrected chi connectivity index (χ2v) is 9.02. The van der Waals surface area contributed by atoms with Crippen molar-refractivity contribution in [3.05, 3.63) is 106 Å². The molecule has 4 aromatic rings. The van der Waals surface area contributed by atoms with Crippen molar-refractivity contribution in [2.45, 2.75) is 32.2 Å². The molecule has 0 fully saturated rings. The summed E-state index contributed by atoms with van der Waals surface area (Å²) in [6, 6.07) is 25.2. The molecule has 1 unspecified atom stereocenters. The molecule has 1 atom stereocenters. The molecule has 0 amide bonds. The zero-order valence-corrected chi connectivity index (χ0v) is 19.8. The van der Waals surface area contributed by atoms with Crippen LogP contribution in [0.5, 0.6) is 0 Å². The van der Waals surface area contributed by atoms with Gasteiger partial charge in [0.15, 0.2) is 0 Å². The Labute approximate surface area is 204 Å². The van der Waals surface area contributed by atoms with Gasteiger partial charge in [-0.2, -0.15) is 0 Å². The molecule has 0 saturated carbocycles. The molecule has 4 aromatic carbocycles. The van der Waals surface area contributed by atoms with E-state index in [9.17, 15) is 9.18 Å². The maximum Gasteiger partial charge on any atom is 0.303 e. The lowest BCUT2D eigenvalue weighted by molar-refractivity contribution is -0.136. The lowest BCUT2D eigenvalue weighted by Crippen LogP contribution is -2.21. The molecule has 0 aromatic heterocycles. The van der Waals surface area contributed by atoms with Gasteiger partial charge in [-0.1, -0.05) is 66.2 Å². The van der Waals surface area contributed by atoms with Crippen molar-refractivity contribution in [1.82, 2.24) is 5.32 Å². The fraction of sp³-hybridized carbons (Fsp3) is 0.207. The number of carboxylic acids is 1. The molecule has 4 rings (SSSR count). The smallest absolute Gasteiger partial charge is 0.303 e. The highest BCUT2D eigenvalue weighted by Gasteiger charge is 2.11. The van der Waals surface area contributed by atoms with Crippen LogP contribution in [-0.2, 0) is 17.6 Å². The summed E-state index contributed by atoms with van der Waals surface area (Å²) >= 11 is 6.12. The van der Waals surface area contributed by atoms with E-state index in [2.05, 4.69) is 36.5 Å². The highest BCUT2D eigenvalue weighted by Crippen LogP contribution is 2.32. The first-order valence-corrected chi connectivity index (χ1v) is 11.8. The van der Waals surface area contributed by atoms with Gasteiger partial charge in [0.25, 0.3) is 0 Å². The number of hydrogen-bond donors (Lipinski definition) is 2. The van der Waals surface area contributed by atoms with Gasteiger partial charge in [-0.15, -0.1) is 0 Å². The first kappa shape index (κ1) is 23.9. The Balaban J connectivity index is 1.59. The third-order valence-corrected chi connectivity index (χ3v) is 6.27. The van der Waals surface area contributed by atoms with Crippen LogP contribution in [0, 0.1) is 5.82 Å². The SMILES string of the molecule is CC(NCCc1cc(-c2cc(F)cc(CCC(=O)O)c2)c2ccccc2c1)c1cccc(Cl)c1. The largest absolute Gasteiger partial charge is 0.481 e. The molecule has 0 saturated heterocycles. The number of hydrogen-bond acceptors (Lipinski definition) is 2. The minimum Gasteiger partial charge on any atom is -0.481 e. The van der Waals surface area contributed by atoms with E-state index in [0.717, 1.165) is 51.0 Å². The highest BCUT2D eigenvalue weighted by atomic mass is 35.5. The van der Waals surface area contributed by atoms with Gasteiger partial charge in [-0.3, -0.25) is 4.79 Å². The van der Waals surface area contributed by atoms with Gasteiger partial charge in [0.2, 0.25) is 0 Å². The van der Waals surface area contributed by atoms with E-state index in [0.29, 0.717) is 12.0 Å². The molecule has 0 radical (unpaired) electrons. The minimum atomic E-state index is -0.891. The molecule has 0 bridgehead atoms. The highest BCUT2D eigenvalue weighted by molar-refractivity contribution is 6.30. The van der Waals surface area contributed by atoms with Crippen LogP contribution >= 0.6 is 11.6 Å².